The zero-order chi connectivity index (χ0) is 9.26. The number of morpholine rings is 1. The molecular formula is C10H20N2O. The molecule has 0 aliphatic carbocycles. The van der Waals surface area contributed by atoms with Crippen LogP contribution in [-0.4, -0.2) is 42.8 Å². The summed E-state index contributed by atoms with van der Waals surface area (Å²) in [6.45, 7) is 5.34. The first-order valence-electron chi connectivity index (χ1n) is 5.42. The summed E-state index contributed by atoms with van der Waals surface area (Å²) in [4.78, 5) is 2.55. The van der Waals surface area contributed by atoms with Crippen LogP contribution in [0.3, 0.4) is 0 Å². The van der Waals surface area contributed by atoms with E-state index in [1.165, 1.54) is 19.4 Å². The van der Waals surface area contributed by atoms with Crippen molar-refractivity contribution in [2.24, 2.45) is 5.73 Å². The molecule has 0 bridgehead atoms. The molecule has 2 aliphatic heterocycles. The number of nitrogens with two attached hydrogens (primary N) is 1. The second kappa shape index (κ2) is 3.95. The van der Waals surface area contributed by atoms with E-state index in [-0.39, 0.29) is 12.1 Å². The van der Waals surface area contributed by atoms with Gasteiger partial charge in [-0.1, -0.05) is 6.92 Å². The molecule has 2 fully saturated rings. The van der Waals surface area contributed by atoms with Crippen LogP contribution in [0.5, 0.6) is 0 Å². The zero-order valence-corrected chi connectivity index (χ0v) is 8.41. The van der Waals surface area contributed by atoms with Crippen LogP contribution in [0.25, 0.3) is 0 Å². The smallest absolute Gasteiger partial charge is 0.0853 e. The minimum Gasteiger partial charge on any atom is -0.374 e. The van der Waals surface area contributed by atoms with Crippen LogP contribution >= 0.6 is 0 Å². The highest BCUT2D eigenvalue weighted by molar-refractivity contribution is 4.88. The molecule has 2 N–H and O–H groups in total. The van der Waals surface area contributed by atoms with Crippen LogP contribution in [0.15, 0.2) is 0 Å². The largest absolute Gasteiger partial charge is 0.374 e. The Morgan fingerprint density at radius 1 is 1.62 bits per heavy atom. The van der Waals surface area contributed by atoms with Crippen molar-refractivity contribution in [1.29, 1.82) is 0 Å². The summed E-state index contributed by atoms with van der Waals surface area (Å²) in [5.74, 6) is 0. The summed E-state index contributed by atoms with van der Waals surface area (Å²) in [5, 5.41) is 0. The fraction of sp³-hybridized carbons (Fsp3) is 1.00. The second-order valence-corrected chi connectivity index (χ2v) is 4.23. The van der Waals surface area contributed by atoms with Gasteiger partial charge in [0.15, 0.2) is 0 Å². The lowest BCUT2D eigenvalue weighted by Gasteiger charge is -2.37. The van der Waals surface area contributed by atoms with Crippen LogP contribution in [0.1, 0.15) is 26.2 Å². The Morgan fingerprint density at radius 3 is 3.23 bits per heavy atom. The summed E-state index contributed by atoms with van der Waals surface area (Å²) in [7, 11) is 0. The third kappa shape index (κ3) is 1.87. The maximum Gasteiger partial charge on any atom is 0.0853 e. The molecule has 2 saturated heterocycles. The van der Waals surface area contributed by atoms with Gasteiger partial charge in [-0.3, -0.25) is 4.90 Å². The number of ether oxygens (including phenoxy) is 1. The topological polar surface area (TPSA) is 38.5 Å². The van der Waals surface area contributed by atoms with E-state index in [2.05, 4.69) is 11.8 Å². The lowest BCUT2D eigenvalue weighted by molar-refractivity contribution is -0.0594. The molecule has 0 aromatic rings. The van der Waals surface area contributed by atoms with E-state index in [0.717, 1.165) is 19.6 Å². The Balaban J connectivity index is 1.89. The van der Waals surface area contributed by atoms with Gasteiger partial charge in [0.1, 0.15) is 0 Å². The van der Waals surface area contributed by atoms with Gasteiger partial charge in [0, 0.05) is 18.6 Å². The number of nitrogens with zero attached hydrogens (tertiary/aromatic N) is 1. The first-order chi connectivity index (χ1) is 6.31. The molecule has 76 valence electrons. The highest BCUT2D eigenvalue weighted by Crippen LogP contribution is 2.23. The molecule has 2 aliphatic rings. The molecule has 13 heavy (non-hydrogen) atoms. The quantitative estimate of drug-likeness (QED) is 0.682. The van der Waals surface area contributed by atoms with E-state index < -0.39 is 0 Å². The van der Waals surface area contributed by atoms with E-state index in [1.54, 1.807) is 0 Å². The van der Waals surface area contributed by atoms with Crippen molar-refractivity contribution in [2.45, 2.75) is 44.4 Å². The number of hydrogen-bond acceptors (Lipinski definition) is 3. The molecule has 0 amide bonds. The lowest BCUT2D eigenvalue weighted by atomic mass is 10.1. The van der Waals surface area contributed by atoms with Gasteiger partial charge in [-0.15, -0.1) is 0 Å². The monoisotopic (exact) mass is 184 g/mol. The Labute approximate surface area is 80.2 Å². The highest BCUT2D eigenvalue weighted by Gasteiger charge is 2.33. The Bertz CT molecular complexity index is 174. The van der Waals surface area contributed by atoms with Crippen molar-refractivity contribution in [3.63, 3.8) is 0 Å². The number of rotatable bonds is 2. The van der Waals surface area contributed by atoms with Gasteiger partial charge in [-0.25, -0.2) is 0 Å². The molecule has 3 atom stereocenters. The van der Waals surface area contributed by atoms with Crippen molar-refractivity contribution in [1.82, 2.24) is 4.90 Å². The van der Waals surface area contributed by atoms with Gasteiger partial charge in [0.25, 0.3) is 0 Å². The Morgan fingerprint density at radius 2 is 2.46 bits per heavy atom. The Kier molecular flexibility index (Phi) is 2.86. The fourth-order valence-electron chi connectivity index (χ4n) is 2.36. The predicted molar refractivity (Wildman–Crippen MR) is 52.6 cm³/mol. The molecule has 2 unspecified atom stereocenters. The maximum atomic E-state index is 5.98. The minimum atomic E-state index is 0.224. The van der Waals surface area contributed by atoms with Crippen molar-refractivity contribution < 1.29 is 4.74 Å². The van der Waals surface area contributed by atoms with Gasteiger partial charge in [0.05, 0.1) is 12.7 Å². The average Bonchev–Trinajstić information content (AvgIpc) is 2.63. The number of hydrogen-bond donors (Lipinski definition) is 1. The molecular weight excluding hydrogens is 164 g/mol. The van der Waals surface area contributed by atoms with E-state index >= 15 is 0 Å². The molecule has 2 rings (SSSR count). The standard InChI is InChI=1S/C10H20N2O/c1-2-9(11)10-6-12-5-3-4-8(12)7-13-10/h8-10H,2-7,11H2,1H3/t8?,9-,10?/m0/s1. The summed E-state index contributed by atoms with van der Waals surface area (Å²) in [6, 6.07) is 0.918. The van der Waals surface area contributed by atoms with E-state index in [9.17, 15) is 0 Å². The molecule has 0 spiro atoms. The lowest BCUT2D eigenvalue weighted by Crippen LogP contribution is -2.52. The first-order valence-corrected chi connectivity index (χ1v) is 5.42. The molecule has 2 heterocycles. The molecule has 3 heteroatoms. The first kappa shape index (κ1) is 9.44. The van der Waals surface area contributed by atoms with Crippen LogP contribution in [0, 0.1) is 0 Å². The predicted octanol–water partition coefficient (Wildman–Crippen LogP) is 0.587. The van der Waals surface area contributed by atoms with Crippen molar-refractivity contribution in [3.8, 4) is 0 Å². The average molecular weight is 184 g/mol. The van der Waals surface area contributed by atoms with Gasteiger partial charge < -0.3 is 10.5 Å². The van der Waals surface area contributed by atoms with Gasteiger partial charge in [0.2, 0.25) is 0 Å². The molecule has 0 radical (unpaired) electrons. The molecule has 0 aromatic heterocycles. The normalized spacial score (nSPS) is 37.4. The summed E-state index contributed by atoms with van der Waals surface area (Å²) >= 11 is 0. The van der Waals surface area contributed by atoms with E-state index in [1.807, 2.05) is 0 Å². The summed E-state index contributed by atoms with van der Waals surface area (Å²) in [6.07, 6.45) is 3.94. The number of fused-ring (bicyclic) bond motifs is 1. The van der Waals surface area contributed by atoms with Crippen molar-refractivity contribution in [3.05, 3.63) is 0 Å². The second-order valence-electron chi connectivity index (χ2n) is 4.23. The van der Waals surface area contributed by atoms with E-state index in [4.69, 9.17) is 10.5 Å². The van der Waals surface area contributed by atoms with Crippen molar-refractivity contribution in [2.75, 3.05) is 19.7 Å². The highest BCUT2D eigenvalue weighted by atomic mass is 16.5. The van der Waals surface area contributed by atoms with Crippen LogP contribution in [0.2, 0.25) is 0 Å². The van der Waals surface area contributed by atoms with Gasteiger partial charge in [-0.2, -0.15) is 0 Å². The molecule has 0 saturated carbocycles. The van der Waals surface area contributed by atoms with Gasteiger partial charge in [-0.05, 0) is 25.8 Å². The summed E-state index contributed by atoms with van der Waals surface area (Å²) < 4.78 is 5.78. The zero-order valence-electron chi connectivity index (χ0n) is 8.41. The van der Waals surface area contributed by atoms with E-state index in [0.29, 0.717) is 6.04 Å². The Hall–Kier alpha value is -0.120. The minimum absolute atomic E-state index is 0.224. The van der Waals surface area contributed by atoms with Crippen molar-refractivity contribution >= 4 is 0 Å². The summed E-state index contributed by atoms with van der Waals surface area (Å²) in [5.41, 5.74) is 5.98. The molecule has 0 aromatic carbocycles. The van der Waals surface area contributed by atoms with Crippen LogP contribution < -0.4 is 5.73 Å². The van der Waals surface area contributed by atoms with Crippen LogP contribution in [0.4, 0.5) is 0 Å². The third-order valence-electron chi connectivity index (χ3n) is 3.37. The maximum absolute atomic E-state index is 5.98. The molecule has 3 nitrogen and oxygen atoms in total. The fourth-order valence-corrected chi connectivity index (χ4v) is 2.36. The van der Waals surface area contributed by atoms with Gasteiger partial charge >= 0.3 is 0 Å². The van der Waals surface area contributed by atoms with Crippen LogP contribution in [-0.2, 0) is 4.74 Å². The SMILES string of the molecule is CC[C@H](N)C1CN2CCCC2CO1. The third-order valence-corrected chi connectivity index (χ3v) is 3.37.